The van der Waals surface area contributed by atoms with Gasteiger partial charge in [-0.25, -0.2) is 0 Å². The third kappa shape index (κ3) is 3.94. The van der Waals surface area contributed by atoms with E-state index in [1.807, 2.05) is 4.90 Å². The summed E-state index contributed by atoms with van der Waals surface area (Å²) >= 11 is 0. The van der Waals surface area contributed by atoms with Gasteiger partial charge in [0.15, 0.2) is 5.78 Å². The molecule has 0 aromatic heterocycles. The maximum Gasteiger partial charge on any atom is 0.222 e. The summed E-state index contributed by atoms with van der Waals surface area (Å²) in [7, 11) is 4.56. The number of likely N-dealkylation sites (tertiary alicyclic amines) is 1. The first-order chi connectivity index (χ1) is 11.1. The van der Waals surface area contributed by atoms with Crippen LogP contribution in [0, 0.1) is 0 Å². The molecule has 2 rings (SSSR count). The van der Waals surface area contributed by atoms with E-state index in [4.69, 9.17) is 14.2 Å². The quantitative estimate of drug-likeness (QED) is 0.687. The Balaban J connectivity index is 2.07. The minimum atomic E-state index is -0.0620. The average molecular weight is 321 g/mol. The number of ether oxygens (including phenoxy) is 3. The molecular formula is C17H23NO5. The van der Waals surface area contributed by atoms with Crippen LogP contribution in [0.2, 0.25) is 0 Å². The smallest absolute Gasteiger partial charge is 0.222 e. The van der Waals surface area contributed by atoms with Crippen molar-refractivity contribution >= 4 is 11.7 Å². The molecule has 0 spiro atoms. The lowest BCUT2D eigenvalue weighted by Crippen LogP contribution is -2.26. The highest BCUT2D eigenvalue weighted by atomic mass is 16.5. The summed E-state index contributed by atoms with van der Waals surface area (Å²) in [6.07, 6.45) is 2.49. The number of carbonyl (C=O) groups excluding carboxylic acids is 2. The molecule has 1 aromatic carbocycles. The van der Waals surface area contributed by atoms with Crippen LogP contribution in [0.1, 0.15) is 36.0 Å². The molecule has 1 aliphatic heterocycles. The van der Waals surface area contributed by atoms with Gasteiger partial charge in [0.2, 0.25) is 5.91 Å². The number of Topliss-reactive ketones (excluding diaryl/α,β-unsaturated/α-hetero) is 1. The summed E-state index contributed by atoms with van der Waals surface area (Å²) in [5.41, 5.74) is 0.420. The monoisotopic (exact) mass is 321 g/mol. The highest BCUT2D eigenvalue weighted by Gasteiger charge is 2.22. The van der Waals surface area contributed by atoms with E-state index in [1.165, 1.54) is 14.2 Å². The van der Waals surface area contributed by atoms with Crippen LogP contribution in [0.4, 0.5) is 0 Å². The fraction of sp³-hybridized carbons (Fsp3) is 0.529. The van der Waals surface area contributed by atoms with E-state index in [0.29, 0.717) is 48.6 Å². The Bertz CT molecular complexity index is 559. The molecule has 6 heteroatoms. The standard InChI is InChI=1S/C17H23NO5/c1-21-12-10-14(22-2)17(15(11-12)23-3)13(19)6-4-8-18-9-5-7-16(18)20/h10-11H,4-9H2,1-3H3. The molecule has 1 aliphatic rings. The van der Waals surface area contributed by atoms with Crippen LogP contribution < -0.4 is 14.2 Å². The van der Waals surface area contributed by atoms with Crippen molar-refractivity contribution in [1.82, 2.24) is 4.90 Å². The van der Waals surface area contributed by atoms with Crippen molar-refractivity contribution in [3.05, 3.63) is 17.7 Å². The number of rotatable bonds is 8. The summed E-state index contributed by atoms with van der Waals surface area (Å²) in [6, 6.07) is 3.33. The van der Waals surface area contributed by atoms with E-state index in [9.17, 15) is 9.59 Å². The van der Waals surface area contributed by atoms with E-state index in [1.54, 1.807) is 19.2 Å². The van der Waals surface area contributed by atoms with Gasteiger partial charge in [-0.1, -0.05) is 0 Å². The van der Waals surface area contributed by atoms with Crippen molar-refractivity contribution < 1.29 is 23.8 Å². The minimum Gasteiger partial charge on any atom is -0.496 e. The van der Waals surface area contributed by atoms with Crippen LogP contribution in [0.3, 0.4) is 0 Å². The van der Waals surface area contributed by atoms with Crippen LogP contribution >= 0.6 is 0 Å². The number of nitrogens with zero attached hydrogens (tertiary/aromatic N) is 1. The number of benzene rings is 1. The maximum atomic E-state index is 12.6. The maximum absolute atomic E-state index is 12.6. The second kappa shape index (κ2) is 7.85. The van der Waals surface area contributed by atoms with Gasteiger partial charge in [0.25, 0.3) is 0 Å². The molecule has 1 amide bonds. The van der Waals surface area contributed by atoms with Gasteiger partial charge in [-0.15, -0.1) is 0 Å². The van der Waals surface area contributed by atoms with Gasteiger partial charge >= 0.3 is 0 Å². The summed E-state index contributed by atoms with van der Waals surface area (Å²) in [6.45, 7) is 1.41. The SMILES string of the molecule is COc1cc(OC)c(C(=O)CCCN2CCCC2=O)c(OC)c1. The molecule has 23 heavy (non-hydrogen) atoms. The predicted octanol–water partition coefficient (Wildman–Crippen LogP) is 2.30. The molecule has 6 nitrogen and oxygen atoms in total. The highest BCUT2D eigenvalue weighted by molar-refractivity contribution is 6.01. The van der Waals surface area contributed by atoms with E-state index >= 15 is 0 Å². The van der Waals surface area contributed by atoms with Crippen molar-refractivity contribution in [1.29, 1.82) is 0 Å². The molecule has 0 aliphatic carbocycles. The van der Waals surface area contributed by atoms with E-state index in [2.05, 4.69) is 0 Å². The fourth-order valence-corrected chi connectivity index (χ4v) is 2.78. The van der Waals surface area contributed by atoms with Crippen LogP contribution in [-0.4, -0.2) is 51.0 Å². The lowest BCUT2D eigenvalue weighted by atomic mass is 10.0. The molecule has 1 saturated heterocycles. The van der Waals surface area contributed by atoms with Gasteiger partial charge in [0, 0.05) is 38.1 Å². The Morgan fingerprint density at radius 2 is 1.78 bits per heavy atom. The number of hydrogen-bond acceptors (Lipinski definition) is 5. The van der Waals surface area contributed by atoms with Crippen molar-refractivity contribution in [3.63, 3.8) is 0 Å². The van der Waals surface area contributed by atoms with Gasteiger partial charge in [-0.05, 0) is 12.8 Å². The molecule has 0 unspecified atom stereocenters. The van der Waals surface area contributed by atoms with Gasteiger partial charge < -0.3 is 19.1 Å². The normalized spacial score (nSPS) is 14.0. The number of hydrogen-bond donors (Lipinski definition) is 0. The summed E-state index contributed by atoms with van der Waals surface area (Å²) in [5, 5.41) is 0. The van der Waals surface area contributed by atoms with Crippen molar-refractivity contribution in [3.8, 4) is 17.2 Å². The first-order valence-corrected chi connectivity index (χ1v) is 7.71. The fourth-order valence-electron chi connectivity index (χ4n) is 2.78. The van der Waals surface area contributed by atoms with Crippen LogP contribution in [0.25, 0.3) is 0 Å². The molecular weight excluding hydrogens is 298 g/mol. The zero-order valence-electron chi connectivity index (χ0n) is 13.9. The third-order valence-electron chi connectivity index (χ3n) is 4.00. The first kappa shape index (κ1) is 17.1. The van der Waals surface area contributed by atoms with Gasteiger partial charge in [-0.3, -0.25) is 9.59 Å². The molecule has 1 aromatic rings. The molecule has 0 radical (unpaired) electrons. The summed E-state index contributed by atoms with van der Waals surface area (Å²) in [5.74, 6) is 1.55. The molecule has 1 fully saturated rings. The Labute approximate surface area is 136 Å². The van der Waals surface area contributed by atoms with Crippen molar-refractivity contribution in [2.24, 2.45) is 0 Å². The Morgan fingerprint density at radius 3 is 2.26 bits per heavy atom. The first-order valence-electron chi connectivity index (χ1n) is 7.71. The summed E-state index contributed by atoms with van der Waals surface area (Å²) < 4.78 is 15.8. The molecule has 0 bridgehead atoms. The molecule has 0 saturated carbocycles. The number of amides is 1. The number of carbonyl (C=O) groups is 2. The molecule has 1 heterocycles. The second-order valence-corrected chi connectivity index (χ2v) is 5.42. The largest absolute Gasteiger partial charge is 0.496 e. The van der Waals surface area contributed by atoms with Crippen molar-refractivity contribution in [2.45, 2.75) is 25.7 Å². The topological polar surface area (TPSA) is 65.1 Å². The summed E-state index contributed by atoms with van der Waals surface area (Å²) in [4.78, 5) is 25.9. The van der Waals surface area contributed by atoms with Gasteiger partial charge in [0.05, 0.1) is 21.3 Å². The number of methoxy groups -OCH3 is 3. The lowest BCUT2D eigenvalue weighted by Gasteiger charge is -2.16. The molecule has 0 N–H and O–H groups in total. The van der Waals surface area contributed by atoms with Crippen LogP contribution in [0.15, 0.2) is 12.1 Å². The zero-order valence-corrected chi connectivity index (χ0v) is 13.9. The molecule has 126 valence electrons. The van der Waals surface area contributed by atoms with E-state index in [-0.39, 0.29) is 11.7 Å². The van der Waals surface area contributed by atoms with Gasteiger partial charge in [0.1, 0.15) is 22.8 Å². The second-order valence-electron chi connectivity index (χ2n) is 5.42. The third-order valence-corrected chi connectivity index (χ3v) is 4.00. The predicted molar refractivity (Wildman–Crippen MR) is 85.5 cm³/mol. The molecule has 0 atom stereocenters. The van der Waals surface area contributed by atoms with E-state index in [0.717, 1.165) is 13.0 Å². The lowest BCUT2D eigenvalue weighted by molar-refractivity contribution is -0.127. The Hall–Kier alpha value is -2.24. The number of ketones is 1. The van der Waals surface area contributed by atoms with Gasteiger partial charge in [-0.2, -0.15) is 0 Å². The van der Waals surface area contributed by atoms with Crippen molar-refractivity contribution in [2.75, 3.05) is 34.4 Å². The Kier molecular flexibility index (Phi) is 5.84. The zero-order chi connectivity index (χ0) is 16.8. The highest BCUT2D eigenvalue weighted by Crippen LogP contribution is 2.35. The van der Waals surface area contributed by atoms with E-state index < -0.39 is 0 Å². The Morgan fingerprint density at radius 1 is 1.13 bits per heavy atom. The van der Waals surface area contributed by atoms with Crippen LogP contribution in [-0.2, 0) is 4.79 Å². The average Bonchev–Trinajstić information content (AvgIpc) is 2.98. The van der Waals surface area contributed by atoms with Crippen LogP contribution in [0.5, 0.6) is 17.2 Å². The minimum absolute atomic E-state index is 0.0620.